The summed E-state index contributed by atoms with van der Waals surface area (Å²) in [6.45, 7) is 7.57. The fraction of sp³-hybridized carbons (Fsp3) is 0.789. The first-order valence-electron chi connectivity index (χ1n) is 9.77. The summed E-state index contributed by atoms with van der Waals surface area (Å²) in [6.07, 6.45) is 4.72. The van der Waals surface area contributed by atoms with Crippen LogP contribution in [0.1, 0.15) is 13.3 Å². The lowest BCUT2D eigenvalue weighted by atomic mass is 9.76. The fourth-order valence-corrected chi connectivity index (χ4v) is 4.85. The zero-order chi connectivity index (χ0) is 18.3. The number of nitrogens with zero attached hydrogens (tertiary/aromatic N) is 3. The van der Waals surface area contributed by atoms with Crippen LogP contribution in [0.15, 0.2) is 12.2 Å². The van der Waals surface area contributed by atoms with Crippen molar-refractivity contribution in [3.63, 3.8) is 0 Å². The Morgan fingerprint density at radius 1 is 1.35 bits per heavy atom. The Morgan fingerprint density at radius 2 is 2.19 bits per heavy atom. The van der Waals surface area contributed by atoms with Gasteiger partial charge in [-0.25, -0.2) is 0 Å². The topological polar surface area (TPSA) is 62.3 Å². The van der Waals surface area contributed by atoms with Crippen molar-refractivity contribution in [1.29, 1.82) is 0 Å². The minimum absolute atomic E-state index is 0.0434. The quantitative estimate of drug-likeness (QED) is 0.507. The average molecular weight is 363 g/mol. The number of hydrogen-bond donors (Lipinski definition) is 0. The van der Waals surface area contributed by atoms with Gasteiger partial charge in [-0.2, -0.15) is 0 Å². The minimum atomic E-state index is -0.614. The van der Waals surface area contributed by atoms with E-state index in [1.165, 1.54) is 0 Å². The second kappa shape index (κ2) is 6.94. The number of fused-ring (bicyclic) bond motifs is 1. The summed E-state index contributed by atoms with van der Waals surface area (Å²) in [4.78, 5) is 32.4. The van der Waals surface area contributed by atoms with Crippen molar-refractivity contribution >= 4 is 11.8 Å². The maximum absolute atomic E-state index is 13.3. The van der Waals surface area contributed by atoms with Crippen molar-refractivity contribution in [3.05, 3.63) is 12.2 Å². The first-order chi connectivity index (χ1) is 12.6. The average Bonchev–Trinajstić information content (AvgIpc) is 3.19. The molecule has 1 spiro atoms. The summed E-state index contributed by atoms with van der Waals surface area (Å²) in [5.74, 6) is -0.635. The number of ether oxygens (including phenoxy) is 2. The van der Waals surface area contributed by atoms with Crippen LogP contribution >= 0.6 is 0 Å². The molecule has 0 aromatic rings. The predicted molar refractivity (Wildman–Crippen MR) is 95.5 cm³/mol. The molecule has 7 heteroatoms. The highest BCUT2D eigenvalue weighted by Gasteiger charge is 2.67. The number of likely N-dealkylation sites (N-methyl/N-ethyl adjacent to an activating group) is 1. The molecule has 0 radical (unpaired) electrons. The Kier molecular flexibility index (Phi) is 4.79. The Bertz CT molecular complexity index is 610. The fourth-order valence-electron chi connectivity index (χ4n) is 4.85. The van der Waals surface area contributed by atoms with Crippen LogP contribution in [-0.2, 0) is 19.1 Å². The Balaban J connectivity index is 1.50. The summed E-state index contributed by atoms with van der Waals surface area (Å²) in [5.41, 5.74) is -0.614. The van der Waals surface area contributed by atoms with Gasteiger partial charge in [0.25, 0.3) is 0 Å². The predicted octanol–water partition coefficient (Wildman–Crippen LogP) is -0.0310. The molecule has 4 aliphatic heterocycles. The normalized spacial score (nSPS) is 36.7. The monoisotopic (exact) mass is 363 g/mol. The van der Waals surface area contributed by atoms with Gasteiger partial charge >= 0.3 is 0 Å². The maximum Gasteiger partial charge on any atom is 0.230 e. The first kappa shape index (κ1) is 17.9. The molecule has 0 unspecified atom stereocenters. The van der Waals surface area contributed by atoms with E-state index in [-0.39, 0.29) is 29.8 Å². The molecule has 4 rings (SSSR count). The van der Waals surface area contributed by atoms with Crippen LogP contribution in [0.2, 0.25) is 0 Å². The number of amides is 2. The van der Waals surface area contributed by atoms with Gasteiger partial charge in [-0.15, -0.1) is 0 Å². The van der Waals surface area contributed by atoms with Crippen LogP contribution < -0.4 is 0 Å². The lowest BCUT2D eigenvalue weighted by Crippen LogP contribution is -2.47. The lowest BCUT2D eigenvalue weighted by molar-refractivity contribution is -0.143. The Labute approximate surface area is 154 Å². The first-order valence-corrected chi connectivity index (χ1v) is 9.77. The molecule has 0 N–H and O–H groups in total. The van der Waals surface area contributed by atoms with Crippen molar-refractivity contribution in [2.24, 2.45) is 11.8 Å². The minimum Gasteiger partial charge on any atom is -0.380 e. The molecule has 26 heavy (non-hydrogen) atoms. The van der Waals surface area contributed by atoms with Gasteiger partial charge in [0.15, 0.2) is 0 Å². The Hall–Kier alpha value is -1.44. The molecule has 2 amide bonds. The molecule has 4 heterocycles. The largest absolute Gasteiger partial charge is 0.380 e. The number of rotatable bonds is 5. The van der Waals surface area contributed by atoms with Crippen LogP contribution in [0, 0.1) is 11.8 Å². The van der Waals surface area contributed by atoms with Crippen molar-refractivity contribution in [2.75, 3.05) is 59.5 Å². The summed E-state index contributed by atoms with van der Waals surface area (Å²) in [5, 5.41) is 0. The molecule has 2 bridgehead atoms. The van der Waals surface area contributed by atoms with E-state index >= 15 is 0 Å². The molecule has 0 aromatic heterocycles. The van der Waals surface area contributed by atoms with Gasteiger partial charge in [0, 0.05) is 32.8 Å². The second-order valence-electron chi connectivity index (χ2n) is 7.84. The molecule has 3 saturated heterocycles. The molecular weight excluding hydrogens is 334 g/mol. The molecule has 0 aliphatic carbocycles. The summed E-state index contributed by atoms with van der Waals surface area (Å²) >= 11 is 0. The van der Waals surface area contributed by atoms with Crippen molar-refractivity contribution < 1.29 is 19.1 Å². The van der Waals surface area contributed by atoms with Gasteiger partial charge in [-0.05, 0) is 26.9 Å². The zero-order valence-corrected chi connectivity index (χ0v) is 15.7. The van der Waals surface area contributed by atoms with E-state index in [0.717, 1.165) is 32.6 Å². The van der Waals surface area contributed by atoms with Gasteiger partial charge in [-0.1, -0.05) is 12.2 Å². The number of carbonyl (C=O) groups excluding carboxylic acids is 2. The third kappa shape index (κ3) is 2.86. The smallest absolute Gasteiger partial charge is 0.230 e. The van der Waals surface area contributed by atoms with Crippen LogP contribution in [-0.4, -0.2) is 97.7 Å². The summed E-state index contributed by atoms with van der Waals surface area (Å²) in [6, 6.07) is 0. The molecule has 0 aromatic carbocycles. The highest BCUT2D eigenvalue weighted by atomic mass is 16.5. The van der Waals surface area contributed by atoms with Crippen LogP contribution in [0.25, 0.3) is 0 Å². The van der Waals surface area contributed by atoms with Gasteiger partial charge in [0.05, 0.1) is 31.1 Å². The van der Waals surface area contributed by atoms with E-state index in [0.29, 0.717) is 26.3 Å². The van der Waals surface area contributed by atoms with Crippen LogP contribution in [0.4, 0.5) is 0 Å². The van der Waals surface area contributed by atoms with Crippen molar-refractivity contribution in [1.82, 2.24) is 14.7 Å². The summed E-state index contributed by atoms with van der Waals surface area (Å²) < 4.78 is 11.6. The number of likely N-dealkylation sites (tertiary alicyclic amines) is 1. The van der Waals surface area contributed by atoms with Crippen LogP contribution in [0.5, 0.6) is 0 Å². The third-order valence-corrected chi connectivity index (χ3v) is 6.20. The maximum atomic E-state index is 13.3. The van der Waals surface area contributed by atoms with E-state index in [1.54, 1.807) is 0 Å². The van der Waals surface area contributed by atoms with Gasteiger partial charge in [0.1, 0.15) is 5.60 Å². The van der Waals surface area contributed by atoms with E-state index in [4.69, 9.17) is 9.47 Å². The van der Waals surface area contributed by atoms with Crippen molar-refractivity contribution in [3.8, 4) is 0 Å². The molecule has 4 aliphatic rings. The van der Waals surface area contributed by atoms with Crippen LogP contribution in [0.3, 0.4) is 0 Å². The van der Waals surface area contributed by atoms with Gasteiger partial charge in [-0.3, -0.25) is 9.59 Å². The molecular formula is C19H29N3O4. The lowest BCUT2D eigenvalue weighted by Gasteiger charge is -2.29. The molecule has 0 saturated carbocycles. The van der Waals surface area contributed by atoms with Gasteiger partial charge in [0.2, 0.25) is 11.8 Å². The van der Waals surface area contributed by atoms with Gasteiger partial charge < -0.3 is 24.2 Å². The van der Waals surface area contributed by atoms with E-state index in [9.17, 15) is 9.59 Å². The second-order valence-corrected chi connectivity index (χ2v) is 7.84. The highest BCUT2D eigenvalue weighted by molar-refractivity contribution is 5.93. The van der Waals surface area contributed by atoms with Crippen molar-refractivity contribution in [2.45, 2.75) is 25.0 Å². The number of hydrogen-bond acceptors (Lipinski definition) is 5. The molecule has 4 atom stereocenters. The molecule has 144 valence electrons. The third-order valence-electron chi connectivity index (χ3n) is 6.20. The number of carbonyl (C=O) groups is 2. The van der Waals surface area contributed by atoms with E-state index < -0.39 is 5.60 Å². The highest BCUT2D eigenvalue weighted by Crippen LogP contribution is 2.52. The SMILES string of the molecule is CCOCCN1C[C@]23C=C[C@H](O2)[C@@H](C(=O)N2CCCN(C)CC2)[C@H]3C1=O. The molecule has 3 fully saturated rings. The molecule has 7 nitrogen and oxygen atoms in total. The van der Waals surface area contributed by atoms with E-state index in [2.05, 4.69) is 11.9 Å². The zero-order valence-electron chi connectivity index (χ0n) is 15.7. The standard InChI is InChI=1S/C19H29N3O4/c1-3-25-12-11-22-13-19-6-5-14(26-19)15(16(19)18(22)24)17(23)21-8-4-7-20(2)9-10-21/h5-6,14-16H,3-4,7-13H2,1-2H3/t14-,15+,16-,19-/m0/s1. The van der Waals surface area contributed by atoms with E-state index in [1.807, 2.05) is 28.9 Å². The Morgan fingerprint density at radius 3 is 3.00 bits per heavy atom. The summed E-state index contributed by atoms with van der Waals surface area (Å²) in [7, 11) is 2.09.